The van der Waals surface area contributed by atoms with Gasteiger partial charge in [-0.1, -0.05) is 18.2 Å². The second-order valence-electron chi connectivity index (χ2n) is 7.27. The number of alkyl halides is 4. The molecule has 1 aliphatic rings. The minimum Gasteiger partial charge on any atom is -0.483 e. The van der Waals surface area contributed by atoms with Crippen LogP contribution in [-0.4, -0.2) is 53.4 Å². The monoisotopic (exact) mass is 436 g/mol. The Labute approximate surface area is 175 Å². The number of benzene rings is 1. The number of hydrogen-bond acceptors (Lipinski definition) is 4. The number of ether oxygens (including phenoxy) is 1. The number of hydrogen-bond donors (Lipinski definition) is 2. The van der Waals surface area contributed by atoms with E-state index in [2.05, 4.69) is 15.6 Å². The Bertz CT molecular complexity index is 1080. The summed E-state index contributed by atoms with van der Waals surface area (Å²) in [6, 6.07) is 9.04. The number of amides is 1. The molecular formula is C21H20F4N4O2. The minimum atomic E-state index is -4.47. The van der Waals surface area contributed by atoms with Crippen molar-refractivity contribution in [3.63, 3.8) is 0 Å². The van der Waals surface area contributed by atoms with E-state index < -0.39 is 30.9 Å². The van der Waals surface area contributed by atoms with Gasteiger partial charge in [-0.3, -0.25) is 4.79 Å². The molecule has 164 valence electrons. The Hall–Kier alpha value is -3.14. The Morgan fingerprint density at radius 3 is 2.77 bits per heavy atom. The lowest BCUT2D eigenvalue weighted by Crippen LogP contribution is -2.52. The highest BCUT2D eigenvalue weighted by Crippen LogP contribution is 2.33. The molecule has 0 bridgehead atoms. The van der Waals surface area contributed by atoms with Gasteiger partial charge >= 0.3 is 6.18 Å². The van der Waals surface area contributed by atoms with Crippen LogP contribution in [0.5, 0.6) is 5.75 Å². The molecule has 3 heterocycles. The fourth-order valence-electron chi connectivity index (χ4n) is 3.52. The van der Waals surface area contributed by atoms with Crippen LogP contribution in [0, 0.1) is 0 Å². The third-order valence-corrected chi connectivity index (χ3v) is 5.00. The molecule has 10 heteroatoms. The number of nitrogens with zero attached hydrogens (tertiary/aromatic N) is 2. The van der Waals surface area contributed by atoms with E-state index in [1.165, 1.54) is 12.3 Å². The first-order chi connectivity index (χ1) is 14.8. The van der Waals surface area contributed by atoms with Crippen molar-refractivity contribution in [2.75, 3.05) is 19.7 Å². The van der Waals surface area contributed by atoms with Crippen LogP contribution in [0.25, 0.3) is 16.8 Å². The molecule has 2 N–H and O–H groups in total. The predicted octanol–water partition coefficient (Wildman–Crippen LogP) is 3.37. The molecule has 1 aliphatic heterocycles. The number of pyridine rings is 1. The number of piperidine rings is 1. The van der Waals surface area contributed by atoms with Crippen LogP contribution in [0.4, 0.5) is 17.6 Å². The third kappa shape index (κ3) is 4.79. The summed E-state index contributed by atoms with van der Waals surface area (Å²) < 4.78 is 58.5. The normalized spacial score (nSPS) is 19.4. The Morgan fingerprint density at radius 2 is 2.00 bits per heavy atom. The van der Waals surface area contributed by atoms with Gasteiger partial charge in [0.15, 0.2) is 6.61 Å². The van der Waals surface area contributed by atoms with E-state index in [4.69, 9.17) is 4.74 Å². The van der Waals surface area contributed by atoms with Crippen molar-refractivity contribution in [2.45, 2.75) is 24.8 Å². The molecule has 0 unspecified atom stereocenters. The molecule has 6 nitrogen and oxygen atoms in total. The van der Waals surface area contributed by atoms with Gasteiger partial charge in [0.25, 0.3) is 5.91 Å². The largest absolute Gasteiger partial charge is 0.483 e. The Morgan fingerprint density at radius 1 is 1.23 bits per heavy atom. The number of halogens is 4. The van der Waals surface area contributed by atoms with Gasteiger partial charge in [0, 0.05) is 30.1 Å². The average Bonchev–Trinajstić information content (AvgIpc) is 3.18. The molecule has 4 rings (SSSR count). The topological polar surface area (TPSA) is 67.7 Å². The quantitative estimate of drug-likeness (QED) is 0.602. The smallest absolute Gasteiger partial charge is 0.422 e. The minimum absolute atomic E-state index is 0.0514. The number of rotatable bonds is 5. The number of carbonyl (C=O) groups is 1. The molecule has 31 heavy (non-hydrogen) atoms. The van der Waals surface area contributed by atoms with Gasteiger partial charge in [-0.25, -0.2) is 9.37 Å². The van der Waals surface area contributed by atoms with Crippen LogP contribution >= 0.6 is 0 Å². The van der Waals surface area contributed by atoms with Crippen molar-refractivity contribution in [1.82, 2.24) is 20.0 Å². The maximum Gasteiger partial charge on any atom is 0.422 e. The highest BCUT2D eigenvalue weighted by Gasteiger charge is 2.29. The fraction of sp³-hybridized carbons (Fsp3) is 0.333. The number of para-hydroxylation sites is 1. The lowest BCUT2D eigenvalue weighted by atomic mass is 10.1. The van der Waals surface area contributed by atoms with Crippen LogP contribution in [-0.2, 0) is 0 Å². The highest BCUT2D eigenvalue weighted by atomic mass is 19.4. The molecule has 2 aromatic heterocycles. The summed E-state index contributed by atoms with van der Waals surface area (Å²) >= 11 is 0. The van der Waals surface area contributed by atoms with Crippen molar-refractivity contribution >= 4 is 11.6 Å². The molecule has 1 saturated heterocycles. The summed E-state index contributed by atoms with van der Waals surface area (Å²) in [7, 11) is 0. The third-order valence-electron chi connectivity index (χ3n) is 5.00. The number of fused-ring (bicyclic) bond motifs is 1. The summed E-state index contributed by atoms with van der Waals surface area (Å²) in [5, 5.41) is 5.69. The molecule has 3 aromatic rings. The molecule has 2 atom stereocenters. The van der Waals surface area contributed by atoms with E-state index in [0.29, 0.717) is 36.3 Å². The number of nitrogens with one attached hydrogen (secondary N) is 2. The lowest BCUT2D eigenvalue weighted by Gasteiger charge is -2.27. The summed E-state index contributed by atoms with van der Waals surface area (Å²) in [5.74, 6) is -0.469. The summed E-state index contributed by atoms with van der Waals surface area (Å²) in [4.78, 5) is 17.0. The average molecular weight is 436 g/mol. The summed E-state index contributed by atoms with van der Waals surface area (Å²) in [5.41, 5.74) is 1.37. The van der Waals surface area contributed by atoms with Crippen LogP contribution in [0.2, 0.25) is 0 Å². The molecule has 0 saturated carbocycles. The van der Waals surface area contributed by atoms with Crippen LogP contribution in [0.3, 0.4) is 0 Å². The van der Waals surface area contributed by atoms with E-state index in [1.807, 2.05) is 0 Å². The van der Waals surface area contributed by atoms with Gasteiger partial charge in [-0.15, -0.1) is 0 Å². The van der Waals surface area contributed by atoms with Crippen LogP contribution in [0.15, 0.2) is 48.8 Å². The Kier molecular flexibility index (Phi) is 5.81. The maximum absolute atomic E-state index is 14.0. The highest BCUT2D eigenvalue weighted by molar-refractivity contribution is 5.94. The molecule has 0 aliphatic carbocycles. The van der Waals surface area contributed by atoms with E-state index >= 15 is 0 Å². The van der Waals surface area contributed by atoms with Crippen molar-refractivity contribution in [3.05, 3.63) is 54.5 Å². The van der Waals surface area contributed by atoms with Gasteiger partial charge < -0.3 is 19.8 Å². The van der Waals surface area contributed by atoms with Crippen LogP contribution in [0.1, 0.15) is 16.9 Å². The van der Waals surface area contributed by atoms with Crippen molar-refractivity contribution in [3.8, 4) is 16.9 Å². The van der Waals surface area contributed by atoms with Gasteiger partial charge in [-0.05, 0) is 31.2 Å². The van der Waals surface area contributed by atoms with Crippen molar-refractivity contribution < 1.29 is 27.1 Å². The maximum atomic E-state index is 14.0. The first kappa shape index (κ1) is 21.1. The zero-order valence-electron chi connectivity index (χ0n) is 16.3. The predicted molar refractivity (Wildman–Crippen MR) is 106 cm³/mol. The molecule has 0 spiro atoms. The molecule has 1 amide bonds. The van der Waals surface area contributed by atoms with E-state index in [9.17, 15) is 22.4 Å². The zero-order valence-corrected chi connectivity index (χ0v) is 16.3. The molecule has 1 fully saturated rings. The second-order valence-corrected chi connectivity index (χ2v) is 7.27. The molecule has 1 aromatic carbocycles. The van der Waals surface area contributed by atoms with Gasteiger partial charge in [0.05, 0.1) is 6.04 Å². The van der Waals surface area contributed by atoms with E-state index in [-0.39, 0.29) is 11.4 Å². The SMILES string of the molecule is O=C(N[C@@H]1CNCC[C@H]1F)c1cn2cccc(-c3ccccc3OCC(F)(F)F)c2n1. The number of aromatic nitrogens is 2. The Balaban J connectivity index is 1.64. The van der Waals surface area contributed by atoms with Crippen molar-refractivity contribution in [2.24, 2.45) is 0 Å². The summed E-state index contributed by atoms with van der Waals surface area (Å²) in [6.45, 7) is -0.536. The molecular weight excluding hydrogens is 416 g/mol. The zero-order chi connectivity index (χ0) is 22.0. The van der Waals surface area contributed by atoms with Gasteiger partial charge in [0.1, 0.15) is 23.3 Å². The van der Waals surface area contributed by atoms with E-state index in [0.717, 1.165) is 0 Å². The molecule has 0 radical (unpaired) electrons. The number of carbonyl (C=O) groups excluding carboxylic acids is 1. The standard InChI is InChI=1S/C21H20F4N4O2/c22-15-7-8-26-10-16(15)28-20(30)17-11-29-9-3-5-14(19(29)27-17)13-4-1-2-6-18(13)31-12-21(23,24)25/h1-6,9,11,15-16,26H,7-8,10,12H2,(H,28,30)/t15-,16-/m1/s1. The second kappa shape index (κ2) is 8.54. The van der Waals surface area contributed by atoms with Crippen molar-refractivity contribution in [1.29, 1.82) is 0 Å². The lowest BCUT2D eigenvalue weighted by molar-refractivity contribution is -0.153. The number of imidazole rings is 1. The first-order valence-electron chi connectivity index (χ1n) is 9.74. The van der Waals surface area contributed by atoms with Gasteiger partial charge in [-0.2, -0.15) is 13.2 Å². The van der Waals surface area contributed by atoms with Gasteiger partial charge in [0.2, 0.25) is 0 Å². The fourth-order valence-corrected chi connectivity index (χ4v) is 3.52. The first-order valence-corrected chi connectivity index (χ1v) is 9.74. The van der Waals surface area contributed by atoms with E-state index in [1.54, 1.807) is 40.9 Å². The summed E-state index contributed by atoms with van der Waals surface area (Å²) in [6.07, 6.45) is -2.14. The van der Waals surface area contributed by atoms with Crippen LogP contribution < -0.4 is 15.4 Å².